The zero-order valence-electron chi connectivity index (χ0n) is 16.2. The molecule has 2 atom stereocenters. The Morgan fingerprint density at radius 1 is 1.14 bits per heavy atom. The second-order valence-corrected chi connectivity index (χ2v) is 7.65. The van der Waals surface area contributed by atoms with Gasteiger partial charge in [-0.05, 0) is 54.2 Å². The molecule has 1 amide bonds. The Morgan fingerprint density at radius 3 is 2.55 bits per heavy atom. The van der Waals surface area contributed by atoms with Gasteiger partial charge in [-0.25, -0.2) is 0 Å². The average Bonchev–Trinajstić information content (AvgIpc) is 3.09. The van der Waals surface area contributed by atoms with Gasteiger partial charge in [0, 0.05) is 30.3 Å². The molecule has 1 fully saturated rings. The topological polar surface area (TPSA) is 89.8 Å². The van der Waals surface area contributed by atoms with Crippen LogP contribution in [0.2, 0.25) is 0 Å². The number of hydrogen-bond acceptors (Lipinski definition) is 5. The van der Waals surface area contributed by atoms with Gasteiger partial charge in [0.25, 0.3) is 11.6 Å². The van der Waals surface area contributed by atoms with E-state index in [2.05, 4.69) is 0 Å². The number of nitro groups is 1. The Labute approximate surface area is 168 Å². The summed E-state index contributed by atoms with van der Waals surface area (Å²) in [5.74, 6) is -0.357. The van der Waals surface area contributed by atoms with E-state index in [-0.39, 0.29) is 29.5 Å². The number of carbonyl (C=O) groups excluding carboxylic acids is 2. The number of hydrogen-bond donors (Lipinski definition) is 0. The van der Waals surface area contributed by atoms with Crippen LogP contribution in [-0.4, -0.2) is 34.9 Å². The van der Waals surface area contributed by atoms with Gasteiger partial charge < -0.3 is 9.64 Å². The lowest BCUT2D eigenvalue weighted by atomic mass is 9.85. The summed E-state index contributed by atoms with van der Waals surface area (Å²) in [7, 11) is 1.41. The summed E-state index contributed by atoms with van der Waals surface area (Å²) < 4.78 is 4.89. The molecule has 2 aliphatic rings. The quantitative estimate of drug-likeness (QED) is 0.445. The predicted octanol–water partition coefficient (Wildman–Crippen LogP) is 3.95. The lowest BCUT2D eigenvalue weighted by Gasteiger charge is -2.34. The van der Waals surface area contributed by atoms with E-state index in [0.29, 0.717) is 18.5 Å². The third kappa shape index (κ3) is 3.60. The fraction of sp³-hybridized carbons (Fsp3) is 0.364. The maximum atomic E-state index is 13.1. The molecule has 0 spiro atoms. The molecule has 7 heteroatoms. The van der Waals surface area contributed by atoms with E-state index in [1.807, 2.05) is 23.1 Å². The predicted molar refractivity (Wildman–Crippen MR) is 106 cm³/mol. The van der Waals surface area contributed by atoms with E-state index >= 15 is 0 Å². The monoisotopic (exact) mass is 394 g/mol. The second kappa shape index (κ2) is 7.66. The number of ether oxygens (including phenoxy) is 1. The first-order chi connectivity index (χ1) is 14.0. The molecule has 150 valence electrons. The van der Waals surface area contributed by atoms with Crippen LogP contribution in [0.15, 0.2) is 42.5 Å². The van der Waals surface area contributed by atoms with Crippen molar-refractivity contribution in [2.45, 2.75) is 38.3 Å². The molecule has 0 saturated heterocycles. The van der Waals surface area contributed by atoms with Crippen molar-refractivity contribution in [1.29, 1.82) is 0 Å². The maximum absolute atomic E-state index is 13.1. The summed E-state index contributed by atoms with van der Waals surface area (Å²) >= 11 is 0. The third-order valence-corrected chi connectivity index (χ3v) is 5.98. The van der Waals surface area contributed by atoms with Gasteiger partial charge in [-0.3, -0.25) is 19.7 Å². The van der Waals surface area contributed by atoms with Gasteiger partial charge in [-0.1, -0.05) is 18.6 Å². The first kappa shape index (κ1) is 19.1. The van der Waals surface area contributed by atoms with E-state index in [4.69, 9.17) is 4.74 Å². The summed E-state index contributed by atoms with van der Waals surface area (Å²) in [5.41, 5.74) is 3.36. The van der Waals surface area contributed by atoms with Crippen molar-refractivity contribution < 1.29 is 19.2 Å². The van der Waals surface area contributed by atoms with Crippen LogP contribution in [0.1, 0.15) is 41.6 Å². The number of fused-ring (bicyclic) bond motifs is 1. The van der Waals surface area contributed by atoms with Gasteiger partial charge >= 0.3 is 5.97 Å². The Hall–Kier alpha value is -3.22. The van der Waals surface area contributed by atoms with Crippen LogP contribution in [0.25, 0.3) is 11.1 Å². The standard InChI is InChI=1S/C22H22N2O5/c1-29-22(26)16-3-2-4-19(11-16)23-13-17-6-5-15(12-20(17)21(23)25)14-7-9-18(10-8-14)24(27)28/h5-10,12,16,19H,2-4,11,13H2,1H3. The largest absolute Gasteiger partial charge is 0.469 e. The molecule has 29 heavy (non-hydrogen) atoms. The van der Waals surface area contributed by atoms with E-state index in [1.54, 1.807) is 12.1 Å². The van der Waals surface area contributed by atoms with Crippen LogP contribution < -0.4 is 0 Å². The Morgan fingerprint density at radius 2 is 1.86 bits per heavy atom. The summed E-state index contributed by atoms with van der Waals surface area (Å²) in [6, 6.07) is 12.1. The van der Waals surface area contributed by atoms with E-state index in [1.165, 1.54) is 19.2 Å². The molecule has 2 unspecified atom stereocenters. The number of methoxy groups -OCH3 is 1. The van der Waals surface area contributed by atoms with Crippen LogP contribution in [0, 0.1) is 16.0 Å². The zero-order chi connectivity index (χ0) is 20.5. The molecule has 1 aliphatic heterocycles. The molecular formula is C22H22N2O5. The number of nitro benzene ring substituents is 1. The molecular weight excluding hydrogens is 372 g/mol. The van der Waals surface area contributed by atoms with E-state index < -0.39 is 4.92 Å². The normalized spacial score (nSPS) is 21.0. The SMILES string of the molecule is COC(=O)C1CCCC(N2Cc3ccc(-c4ccc([N+](=O)[O-])cc4)cc3C2=O)C1. The van der Waals surface area contributed by atoms with Crippen LogP contribution >= 0.6 is 0 Å². The number of carbonyl (C=O) groups is 2. The molecule has 2 aromatic rings. The minimum atomic E-state index is -0.431. The van der Waals surface area contributed by atoms with Crippen molar-refractivity contribution in [3.8, 4) is 11.1 Å². The molecule has 7 nitrogen and oxygen atoms in total. The van der Waals surface area contributed by atoms with E-state index in [9.17, 15) is 19.7 Å². The van der Waals surface area contributed by atoms with Gasteiger partial charge in [-0.15, -0.1) is 0 Å². The average molecular weight is 394 g/mol. The van der Waals surface area contributed by atoms with Gasteiger partial charge in [0.2, 0.25) is 0 Å². The summed E-state index contributed by atoms with van der Waals surface area (Å²) in [6.07, 6.45) is 3.24. The van der Waals surface area contributed by atoms with Crippen molar-refractivity contribution >= 4 is 17.6 Å². The summed E-state index contributed by atoms with van der Waals surface area (Å²) in [5, 5.41) is 10.8. The Kier molecular flexibility index (Phi) is 5.05. The van der Waals surface area contributed by atoms with Crippen LogP contribution in [0.3, 0.4) is 0 Å². The second-order valence-electron chi connectivity index (χ2n) is 7.65. The van der Waals surface area contributed by atoms with Gasteiger partial charge in [0.15, 0.2) is 0 Å². The zero-order valence-corrected chi connectivity index (χ0v) is 16.2. The maximum Gasteiger partial charge on any atom is 0.308 e. The minimum absolute atomic E-state index is 0.0146. The molecule has 2 aromatic carbocycles. The molecule has 1 aliphatic carbocycles. The van der Waals surface area contributed by atoms with Crippen LogP contribution in [0.4, 0.5) is 5.69 Å². The molecule has 4 rings (SSSR count). The Balaban J connectivity index is 1.54. The highest BCUT2D eigenvalue weighted by atomic mass is 16.6. The van der Waals surface area contributed by atoms with E-state index in [0.717, 1.165) is 36.0 Å². The number of esters is 1. The molecule has 0 radical (unpaired) electrons. The molecule has 0 N–H and O–H groups in total. The highest BCUT2D eigenvalue weighted by Gasteiger charge is 2.37. The van der Waals surface area contributed by atoms with Gasteiger partial charge in [0.1, 0.15) is 0 Å². The molecule has 1 heterocycles. The fourth-order valence-electron chi connectivity index (χ4n) is 4.40. The number of benzene rings is 2. The van der Waals surface area contributed by atoms with Crippen molar-refractivity contribution in [3.05, 3.63) is 63.7 Å². The number of nitrogens with zero attached hydrogens (tertiary/aromatic N) is 2. The van der Waals surface area contributed by atoms with Crippen molar-refractivity contribution in [2.75, 3.05) is 7.11 Å². The van der Waals surface area contributed by atoms with Crippen LogP contribution in [-0.2, 0) is 16.1 Å². The highest BCUT2D eigenvalue weighted by molar-refractivity contribution is 5.99. The first-order valence-corrected chi connectivity index (χ1v) is 9.74. The van der Waals surface area contributed by atoms with Crippen molar-refractivity contribution in [1.82, 2.24) is 4.90 Å². The lowest BCUT2D eigenvalue weighted by Crippen LogP contribution is -2.40. The lowest BCUT2D eigenvalue weighted by molar-refractivity contribution is -0.384. The Bertz CT molecular complexity index is 970. The van der Waals surface area contributed by atoms with Crippen molar-refractivity contribution in [2.24, 2.45) is 5.92 Å². The molecule has 0 bridgehead atoms. The fourth-order valence-corrected chi connectivity index (χ4v) is 4.40. The highest BCUT2D eigenvalue weighted by Crippen LogP contribution is 2.35. The summed E-state index contributed by atoms with van der Waals surface area (Å²) in [6.45, 7) is 0.549. The minimum Gasteiger partial charge on any atom is -0.469 e. The first-order valence-electron chi connectivity index (χ1n) is 9.74. The number of rotatable bonds is 4. The number of non-ortho nitro benzene ring substituents is 1. The summed E-state index contributed by atoms with van der Waals surface area (Å²) in [4.78, 5) is 37.3. The molecule has 0 aromatic heterocycles. The smallest absolute Gasteiger partial charge is 0.308 e. The number of amides is 1. The van der Waals surface area contributed by atoms with Crippen molar-refractivity contribution in [3.63, 3.8) is 0 Å². The van der Waals surface area contributed by atoms with Gasteiger partial charge in [-0.2, -0.15) is 0 Å². The van der Waals surface area contributed by atoms with Crippen LogP contribution in [0.5, 0.6) is 0 Å². The molecule has 1 saturated carbocycles. The third-order valence-electron chi connectivity index (χ3n) is 5.98. The van der Waals surface area contributed by atoms with Gasteiger partial charge in [0.05, 0.1) is 18.0 Å².